The van der Waals surface area contributed by atoms with E-state index in [0.717, 1.165) is 0 Å². The van der Waals surface area contributed by atoms with E-state index >= 15 is 0 Å². The Bertz CT molecular complexity index is 293. The summed E-state index contributed by atoms with van der Waals surface area (Å²) in [4.78, 5) is 46.8. The Hall–Kier alpha value is -1.92. The van der Waals surface area contributed by atoms with Gasteiger partial charge in [0.2, 0.25) is 0 Å². The van der Waals surface area contributed by atoms with Crippen LogP contribution in [0.2, 0.25) is 0 Å². The summed E-state index contributed by atoms with van der Waals surface area (Å²) in [5, 5.41) is 8.51. The molecule has 7 heteroatoms. The van der Waals surface area contributed by atoms with Crippen molar-refractivity contribution in [3.05, 3.63) is 0 Å². The van der Waals surface area contributed by atoms with Crippen molar-refractivity contribution in [1.82, 2.24) is 5.06 Å². The first-order valence-electron chi connectivity index (χ1n) is 3.79. The SMILES string of the molecule is O=C(O)CC(=O)ON1C(=O)CCC1=O. The van der Waals surface area contributed by atoms with Gasteiger partial charge in [0.05, 0.1) is 0 Å². The van der Waals surface area contributed by atoms with E-state index in [1.807, 2.05) is 0 Å². The fourth-order valence-corrected chi connectivity index (χ4v) is 0.915. The number of rotatable bonds is 3. The molecular formula is C7H7NO6. The smallest absolute Gasteiger partial charge is 0.344 e. The normalized spacial score (nSPS) is 15.9. The number of carbonyl (C=O) groups is 4. The summed E-state index contributed by atoms with van der Waals surface area (Å²) in [7, 11) is 0. The molecule has 0 aromatic rings. The molecule has 14 heavy (non-hydrogen) atoms. The minimum absolute atomic E-state index is 0.0147. The number of hydroxylamine groups is 2. The topological polar surface area (TPSA) is 101 Å². The molecule has 1 heterocycles. The lowest BCUT2D eigenvalue weighted by Gasteiger charge is -2.11. The number of carboxylic acids is 1. The maximum absolute atomic E-state index is 10.9. The second-order valence-corrected chi connectivity index (χ2v) is 2.62. The third kappa shape index (κ3) is 2.28. The first-order chi connectivity index (χ1) is 6.50. The average Bonchev–Trinajstić information content (AvgIpc) is 2.34. The summed E-state index contributed by atoms with van der Waals surface area (Å²) in [6, 6.07) is 0. The fraction of sp³-hybridized carbons (Fsp3) is 0.429. The first-order valence-corrected chi connectivity index (χ1v) is 3.79. The molecule has 0 bridgehead atoms. The maximum Gasteiger partial charge on any atom is 0.344 e. The lowest BCUT2D eigenvalue weighted by Crippen LogP contribution is -2.32. The van der Waals surface area contributed by atoms with Crippen LogP contribution in [0, 0.1) is 0 Å². The number of carbonyl (C=O) groups excluding carboxylic acids is 3. The van der Waals surface area contributed by atoms with Crippen LogP contribution in [-0.2, 0) is 24.0 Å². The lowest BCUT2D eigenvalue weighted by molar-refractivity contribution is -0.198. The minimum Gasteiger partial charge on any atom is -0.481 e. The summed E-state index contributed by atoms with van der Waals surface area (Å²) in [5.74, 6) is -3.78. The van der Waals surface area contributed by atoms with Crippen LogP contribution in [0.4, 0.5) is 0 Å². The number of nitrogens with zero attached hydrogens (tertiary/aromatic N) is 1. The number of hydrogen-bond acceptors (Lipinski definition) is 5. The van der Waals surface area contributed by atoms with E-state index in [4.69, 9.17) is 5.11 Å². The van der Waals surface area contributed by atoms with Gasteiger partial charge in [0.25, 0.3) is 11.8 Å². The highest BCUT2D eigenvalue weighted by Gasteiger charge is 2.33. The molecule has 0 aliphatic carbocycles. The average molecular weight is 201 g/mol. The zero-order chi connectivity index (χ0) is 10.7. The van der Waals surface area contributed by atoms with Gasteiger partial charge in [-0.3, -0.25) is 14.4 Å². The first kappa shape index (κ1) is 10.2. The van der Waals surface area contributed by atoms with Gasteiger partial charge in [-0.15, -0.1) is 5.06 Å². The van der Waals surface area contributed by atoms with Crippen molar-refractivity contribution in [2.75, 3.05) is 0 Å². The monoisotopic (exact) mass is 201 g/mol. The molecule has 2 amide bonds. The highest BCUT2D eigenvalue weighted by Crippen LogP contribution is 2.12. The van der Waals surface area contributed by atoms with Crippen LogP contribution in [0.1, 0.15) is 19.3 Å². The molecule has 0 aromatic heterocycles. The Morgan fingerprint density at radius 1 is 1.29 bits per heavy atom. The van der Waals surface area contributed by atoms with Gasteiger partial charge in [0.1, 0.15) is 6.42 Å². The molecule has 1 rings (SSSR count). The maximum atomic E-state index is 10.9. The molecule has 1 fully saturated rings. The quantitative estimate of drug-likeness (QED) is 0.467. The van der Waals surface area contributed by atoms with Crippen LogP contribution >= 0.6 is 0 Å². The number of imide groups is 1. The number of amides is 2. The molecular weight excluding hydrogens is 194 g/mol. The van der Waals surface area contributed by atoms with Gasteiger partial charge in [-0.2, -0.15) is 0 Å². The molecule has 76 valence electrons. The molecule has 1 N–H and O–H groups in total. The van der Waals surface area contributed by atoms with Crippen LogP contribution in [0.15, 0.2) is 0 Å². The minimum atomic E-state index is -1.38. The van der Waals surface area contributed by atoms with E-state index in [9.17, 15) is 19.2 Å². The molecule has 0 spiro atoms. The van der Waals surface area contributed by atoms with Crippen molar-refractivity contribution < 1.29 is 29.1 Å². The van der Waals surface area contributed by atoms with Crippen LogP contribution in [0.3, 0.4) is 0 Å². The van der Waals surface area contributed by atoms with Crippen molar-refractivity contribution in [2.45, 2.75) is 19.3 Å². The van der Waals surface area contributed by atoms with Crippen LogP contribution in [0.5, 0.6) is 0 Å². The molecule has 1 aliphatic rings. The van der Waals surface area contributed by atoms with Crippen LogP contribution in [-0.4, -0.2) is 33.9 Å². The summed E-state index contributed by atoms with van der Waals surface area (Å²) in [6.45, 7) is 0. The third-order valence-corrected chi connectivity index (χ3v) is 1.49. The number of aliphatic carboxylic acids is 1. The van der Waals surface area contributed by atoms with Crippen molar-refractivity contribution in [3.63, 3.8) is 0 Å². The van der Waals surface area contributed by atoms with E-state index in [0.29, 0.717) is 5.06 Å². The van der Waals surface area contributed by atoms with Gasteiger partial charge < -0.3 is 9.94 Å². The third-order valence-electron chi connectivity index (χ3n) is 1.49. The van der Waals surface area contributed by atoms with Gasteiger partial charge in [-0.1, -0.05) is 0 Å². The van der Waals surface area contributed by atoms with Crippen molar-refractivity contribution in [1.29, 1.82) is 0 Å². The van der Waals surface area contributed by atoms with Crippen molar-refractivity contribution in [2.24, 2.45) is 0 Å². The van der Waals surface area contributed by atoms with Crippen LogP contribution < -0.4 is 0 Å². The highest BCUT2D eigenvalue weighted by atomic mass is 16.7. The van der Waals surface area contributed by atoms with Gasteiger partial charge in [-0.25, -0.2) is 4.79 Å². The predicted octanol–water partition coefficient (Wildman–Crippen LogP) is -0.932. The zero-order valence-electron chi connectivity index (χ0n) is 7.06. The molecule has 7 nitrogen and oxygen atoms in total. The molecule has 1 aliphatic heterocycles. The largest absolute Gasteiger partial charge is 0.481 e. The van der Waals surface area contributed by atoms with Crippen molar-refractivity contribution in [3.8, 4) is 0 Å². The number of hydrogen-bond donors (Lipinski definition) is 1. The molecule has 0 aromatic carbocycles. The van der Waals surface area contributed by atoms with E-state index in [2.05, 4.69) is 4.84 Å². The van der Waals surface area contributed by atoms with Gasteiger partial charge >= 0.3 is 11.9 Å². The number of carboxylic acid groups (broad SMARTS) is 1. The standard InChI is InChI=1S/C7H7NO6/c9-4-1-2-5(10)8(4)14-7(13)3-6(11)12/h1-3H2,(H,11,12). The molecule has 0 atom stereocenters. The Labute approximate surface area is 78.2 Å². The summed E-state index contributed by atoms with van der Waals surface area (Å²) < 4.78 is 0. The van der Waals surface area contributed by atoms with E-state index < -0.39 is 30.2 Å². The lowest BCUT2D eigenvalue weighted by atomic mass is 10.4. The van der Waals surface area contributed by atoms with Gasteiger partial charge in [0, 0.05) is 12.8 Å². The fourth-order valence-electron chi connectivity index (χ4n) is 0.915. The summed E-state index contributed by atoms with van der Waals surface area (Å²) in [5.41, 5.74) is 0. The molecule has 0 saturated carbocycles. The Balaban J connectivity index is 2.51. The summed E-state index contributed by atoms with van der Waals surface area (Å²) >= 11 is 0. The molecule has 1 saturated heterocycles. The zero-order valence-corrected chi connectivity index (χ0v) is 7.06. The van der Waals surface area contributed by atoms with E-state index in [1.165, 1.54) is 0 Å². The summed E-state index contributed by atoms with van der Waals surface area (Å²) in [6.07, 6.45) is -0.907. The van der Waals surface area contributed by atoms with Crippen molar-refractivity contribution >= 4 is 23.8 Å². The Morgan fingerprint density at radius 2 is 1.79 bits per heavy atom. The second kappa shape index (κ2) is 3.86. The Kier molecular flexibility index (Phi) is 2.80. The Morgan fingerprint density at radius 3 is 2.21 bits per heavy atom. The second-order valence-electron chi connectivity index (χ2n) is 2.62. The highest BCUT2D eigenvalue weighted by molar-refractivity contribution is 6.02. The predicted molar refractivity (Wildman–Crippen MR) is 39.4 cm³/mol. The van der Waals surface area contributed by atoms with E-state index in [-0.39, 0.29) is 12.8 Å². The molecule has 0 unspecified atom stereocenters. The molecule has 0 radical (unpaired) electrons. The van der Waals surface area contributed by atoms with E-state index in [1.54, 1.807) is 0 Å². The van der Waals surface area contributed by atoms with Gasteiger partial charge in [-0.05, 0) is 0 Å². The van der Waals surface area contributed by atoms with Gasteiger partial charge in [0.15, 0.2) is 0 Å². The van der Waals surface area contributed by atoms with Crippen LogP contribution in [0.25, 0.3) is 0 Å².